The fraction of sp³-hybridized carbons (Fsp3) is 0.296. The van der Waals surface area contributed by atoms with Gasteiger partial charge in [-0.05, 0) is 38.2 Å². The maximum Gasteiger partial charge on any atom is 0.277 e. The third-order valence-electron chi connectivity index (χ3n) is 6.34. The molecule has 3 N–H and O–H groups in total. The van der Waals surface area contributed by atoms with E-state index in [-0.39, 0.29) is 18.1 Å². The van der Waals surface area contributed by atoms with E-state index in [4.69, 9.17) is 4.98 Å². The summed E-state index contributed by atoms with van der Waals surface area (Å²) in [6, 6.07) is 10.1. The SMILES string of the molecule is C[C@@H](CCO)c1nc(-c2cccc(CN(C)C)c2)c2cnc(Nc3ccnc(-c4c[nH]n(C)c4=O)n3)cn12. The van der Waals surface area contributed by atoms with Crippen LogP contribution in [0.5, 0.6) is 0 Å². The number of anilines is 2. The summed E-state index contributed by atoms with van der Waals surface area (Å²) in [4.78, 5) is 32.9. The van der Waals surface area contributed by atoms with E-state index in [0.29, 0.717) is 29.4 Å². The summed E-state index contributed by atoms with van der Waals surface area (Å²) in [5.74, 6) is 2.25. The van der Waals surface area contributed by atoms with Gasteiger partial charge in [-0.25, -0.2) is 19.9 Å². The van der Waals surface area contributed by atoms with Gasteiger partial charge in [-0.3, -0.25) is 13.9 Å². The van der Waals surface area contributed by atoms with Crippen molar-refractivity contribution in [3.63, 3.8) is 0 Å². The van der Waals surface area contributed by atoms with Crippen LogP contribution in [0.25, 0.3) is 28.2 Å². The largest absolute Gasteiger partial charge is 0.396 e. The third kappa shape index (κ3) is 5.06. The number of hydrogen-bond donors (Lipinski definition) is 3. The molecule has 4 heterocycles. The van der Waals surface area contributed by atoms with Gasteiger partial charge >= 0.3 is 0 Å². The predicted molar refractivity (Wildman–Crippen MR) is 146 cm³/mol. The van der Waals surface area contributed by atoms with Gasteiger partial charge in [0, 0.05) is 44.1 Å². The summed E-state index contributed by atoms with van der Waals surface area (Å²) in [6.07, 6.45) is 7.45. The highest BCUT2D eigenvalue weighted by Gasteiger charge is 2.19. The molecular weight excluding hydrogens is 482 g/mol. The molecule has 0 aliphatic rings. The zero-order chi connectivity index (χ0) is 26.8. The van der Waals surface area contributed by atoms with Crippen molar-refractivity contribution in [3.8, 4) is 22.6 Å². The number of aromatic nitrogens is 7. The van der Waals surface area contributed by atoms with Crippen LogP contribution in [0, 0.1) is 0 Å². The Morgan fingerprint density at radius 1 is 1.16 bits per heavy atom. The average Bonchev–Trinajstić information content (AvgIpc) is 3.44. The van der Waals surface area contributed by atoms with Gasteiger partial charge in [-0.2, -0.15) is 0 Å². The fourth-order valence-corrected chi connectivity index (χ4v) is 4.45. The standard InChI is InChI=1S/C27H31N9O2/c1-17(9-11-37)26-33-24(19-7-5-6-18(12-19)15-34(2)3)21-14-29-23(16-36(21)26)31-22-8-10-28-25(32-22)20-13-30-35(4)27(20)38/h5-8,10,12-14,16-17,30,37H,9,11,15H2,1-4H3,(H,28,31,32)/t17-/m0/s1. The molecule has 38 heavy (non-hydrogen) atoms. The Bertz CT molecular complexity index is 1630. The van der Waals surface area contributed by atoms with E-state index < -0.39 is 0 Å². The van der Waals surface area contributed by atoms with E-state index in [9.17, 15) is 9.90 Å². The molecule has 0 bridgehead atoms. The van der Waals surface area contributed by atoms with Crippen molar-refractivity contribution in [2.45, 2.75) is 25.8 Å². The summed E-state index contributed by atoms with van der Waals surface area (Å²) in [7, 11) is 5.73. The quantitative estimate of drug-likeness (QED) is 0.274. The highest BCUT2D eigenvalue weighted by atomic mass is 16.3. The second-order valence-electron chi connectivity index (χ2n) is 9.64. The Hall–Kier alpha value is -4.35. The first-order valence-corrected chi connectivity index (χ1v) is 12.4. The normalized spacial score (nSPS) is 12.4. The van der Waals surface area contributed by atoms with Crippen molar-refractivity contribution in [1.82, 2.24) is 39.0 Å². The molecule has 11 nitrogen and oxygen atoms in total. The van der Waals surface area contributed by atoms with Crippen molar-refractivity contribution in [1.29, 1.82) is 0 Å². The Balaban J connectivity index is 1.53. The summed E-state index contributed by atoms with van der Waals surface area (Å²) < 4.78 is 3.39. The van der Waals surface area contributed by atoms with Crippen LogP contribution in [-0.4, -0.2) is 64.8 Å². The lowest BCUT2D eigenvalue weighted by molar-refractivity contribution is 0.276. The molecule has 0 aliphatic carbocycles. The monoisotopic (exact) mass is 513 g/mol. The number of nitrogens with zero attached hydrogens (tertiary/aromatic N) is 7. The number of rotatable bonds is 9. The Kier molecular flexibility index (Phi) is 7.03. The van der Waals surface area contributed by atoms with Gasteiger partial charge in [0.05, 0.1) is 23.6 Å². The van der Waals surface area contributed by atoms with Crippen LogP contribution < -0.4 is 10.9 Å². The number of aromatic amines is 1. The van der Waals surface area contributed by atoms with Crippen LogP contribution in [0.4, 0.5) is 11.6 Å². The Morgan fingerprint density at radius 2 is 2.00 bits per heavy atom. The van der Waals surface area contributed by atoms with Crippen molar-refractivity contribution >= 4 is 17.2 Å². The van der Waals surface area contributed by atoms with E-state index in [2.05, 4.69) is 55.4 Å². The number of H-pyrrole nitrogens is 1. The molecular formula is C27H31N9O2. The molecule has 1 aromatic carbocycles. The number of aliphatic hydroxyl groups is 1. The first kappa shape index (κ1) is 25.3. The molecule has 0 unspecified atom stereocenters. The average molecular weight is 514 g/mol. The van der Waals surface area contributed by atoms with E-state index in [1.807, 2.05) is 30.8 Å². The zero-order valence-corrected chi connectivity index (χ0v) is 21.9. The third-order valence-corrected chi connectivity index (χ3v) is 6.34. The fourth-order valence-electron chi connectivity index (χ4n) is 4.45. The minimum atomic E-state index is -0.204. The van der Waals surface area contributed by atoms with Crippen molar-refractivity contribution in [2.75, 3.05) is 26.0 Å². The first-order valence-electron chi connectivity index (χ1n) is 12.4. The maximum absolute atomic E-state index is 12.3. The molecule has 0 amide bonds. The molecule has 4 aromatic heterocycles. The van der Waals surface area contributed by atoms with Crippen LogP contribution in [0.2, 0.25) is 0 Å². The molecule has 196 valence electrons. The smallest absolute Gasteiger partial charge is 0.277 e. The summed E-state index contributed by atoms with van der Waals surface area (Å²) in [5.41, 5.74) is 4.11. The number of aliphatic hydroxyl groups excluding tert-OH is 1. The van der Waals surface area contributed by atoms with Crippen LogP contribution in [0.1, 0.15) is 30.7 Å². The molecule has 0 spiro atoms. The van der Waals surface area contributed by atoms with E-state index >= 15 is 0 Å². The second-order valence-corrected chi connectivity index (χ2v) is 9.64. The van der Waals surface area contributed by atoms with Gasteiger partial charge in [-0.15, -0.1) is 0 Å². The topological polar surface area (TPSA) is 129 Å². The van der Waals surface area contributed by atoms with Crippen LogP contribution in [-0.2, 0) is 13.6 Å². The highest BCUT2D eigenvalue weighted by molar-refractivity contribution is 5.78. The van der Waals surface area contributed by atoms with Crippen molar-refractivity contribution < 1.29 is 5.11 Å². The van der Waals surface area contributed by atoms with Gasteiger partial charge in [0.25, 0.3) is 5.56 Å². The Morgan fingerprint density at radius 3 is 2.74 bits per heavy atom. The number of imidazole rings is 1. The van der Waals surface area contributed by atoms with Gasteiger partial charge in [0.2, 0.25) is 0 Å². The minimum Gasteiger partial charge on any atom is -0.396 e. The minimum absolute atomic E-state index is 0.0249. The number of aryl methyl sites for hydroxylation is 1. The van der Waals surface area contributed by atoms with Gasteiger partial charge in [0.15, 0.2) is 5.82 Å². The lowest BCUT2D eigenvalue weighted by Gasteiger charge is -2.11. The van der Waals surface area contributed by atoms with E-state index in [0.717, 1.165) is 29.1 Å². The molecule has 11 heteroatoms. The maximum atomic E-state index is 12.3. The van der Waals surface area contributed by atoms with Gasteiger partial charge < -0.3 is 20.4 Å². The highest BCUT2D eigenvalue weighted by Crippen LogP contribution is 2.30. The van der Waals surface area contributed by atoms with Crippen molar-refractivity contribution in [3.05, 3.63) is 76.9 Å². The van der Waals surface area contributed by atoms with Gasteiger partial charge in [0.1, 0.15) is 23.0 Å². The molecule has 0 saturated carbocycles. The van der Waals surface area contributed by atoms with Gasteiger partial charge in [-0.1, -0.05) is 25.1 Å². The lowest BCUT2D eigenvalue weighted by atomic mass is 10.1. The lowest BCUT2D eigenvalue weighted by Crippen LogP contribution is -2.14. The van der Waals surface area contributed by atoms with Crippen LogP contribution >= 0.6 is 0 Å². The van der Waals surface area contributed by atoms with Crippen LogP contribution in [0.15, 0.2) is 59.9 Å². The number of benzene rings is 1. The number of nitrogens with one attached hydrogen (secondary N) is 2. The van der Waals surface area contributed by atoms with Crippen LogP contribution in [0.3, 0.4) is 0 Å². The predicted octanol–water partition coefficient (Wildman–Crippen LogP) is 3.17. The van der Waals surface area contributed by atoms with Crippen molar-refractivity contribution in [2.24, 2.45) is 7.05 Å². The Labute approximate surface area is 219 Å². The first-order chi connectivity index (χ1) is 18.3. The second kappa shape index (κ2) is 10.6. The molecule has 0 saturated heterocycles. The summed E-state index contributed by atoms with van der Waals surface area (Å²) in [6.45, 7) is 2.95. The summed E-state index contributed by atoms with van der Waals surface area (Å²) in [5, 5.41) is 15.7. The number of fused-ring (bicyclic) bond motifs is 1. The molecule has 0 radical (unpaired) electrons. The molecule has 5 rings (SSSR count). The van der Waals surface area contributed by atoms with E-state index in [1.165, 1.54) is 10.2 Å². The van der Waals surface area contributed by atoms with E-state index in [1.54, 1.807) is 31.7 Å². The molecule has 1 atom stereocenters. The molecule has 5 aromatic rings. The number of hydrogen-bond acceptors (Lipinski definition) is 8. The zero-order valence-electron chi connectivity index (χ0n) is 21.9. The summed E-state index contributed by atoms with van der Waals surface area (Å²) >= 11 is 0. The molecule has 0 fully saturated rings. The molecule has 0 aliphatic heterocycles.